The molecule has 0 fully saturated rings. The van der Waals surface area contributed by atoms with Crippen LogP contribution < -0.4 is 15.4 Å². The summed E-state index contributed by atoms with van der Waals surface area (Å²) in [5.41, 5.74) is 1.58. The molecule has 5 nitrogen and oxygen atoms in total. The zero-order valence-corrected chi connectivity index (χ0v) is 14.0. The Labute approximate surface area is 148 Å². The number of hydrogen-bond donors (Lipinski definition) is 2. The number of carbonyl (C=O) groups excluding carboxylic acids is 2. The number of nitrogens with one attached hydrogen (secondary N) is 2. The topological polar surface area (TPSA) is 67.4 Å². The predicted molar refractivity (Wildman–Crippen MR) is 92.5 cm³/mol. The molecular weight excluding hydrogens is 351 g/mol. The Kier molecular flexibility index (Phi) is 4.92. The molecule has 2 aromatic carbocycles. The van der Waals surface area contributed by atoms with Crippen LogP contribution in [0.3, 0.4) is 0 Å². The van der Waals surface area contributed by atoms with Crippen molar-refractivity contribution in [2.24, 2.45) is 0 Å². The number of fused-ring (bicyclic) bond motifs is 1. The first-order valence-corrected chi connectivity index (χ1v) is 8.04. The van der Waals surface area contributed by atoms with Gasteiger partial charge in [0.25, 0.3) is 5.91 Å². The van der Waals surface area contributed by atoms with Gasteiger partial charge in [-0.05, 0) is 29.8 Å². The lowest BCUT2D eigenvalue weighted by atomic mass is 9.97. The number of benzene rings is 2. The first-order valence-electron chi connectivity index (χ1n) is 7.29. The van der Waals surface area contributed by atoms with Gasteiger partial charge < -0.3 is 15.4 Å². The van der Waals surface area contributed by atoms with Gasteiger partial charge in [-0.15, -0.1) is 0 Å². The number of para-hydroxylation sites is 1. The molecule has 24 heavy (non-hydrogen) atoms. The summed E-state index contributed by atoms with van der Waals surface area (Å²) < 4.78 is 5.41. The zero-order valence-electron chi connectivity index (χ0n) is 12.5. The Balaban J connectivity index is 1.64. The minimum atomic E-state index is -0.383. The largest absolute Gasteiger partial charge is 0.482 e. The molecule has 1 heterocycles. The number of halogens is 2. The maximum Gasteiger partial charge on any atom is 0.258 e. The number of amides is 2. The summed E-state index contributed by atoms with van der Waals surface area (Å²) >= 11 is 11.8. The van der Waals surface area contributed by atoms with E-state index in [0.717, 1.165) is 5.56 Å². The molecule has 1 atom stereocenters. The second kappa shape index (κ2) is 7.11. The number of hydrogen-bond acceptors (Lipinski definition) is 3. The molecule has 3 rings (SSSR count). The standard InChI is InChI=1S/C17H14Cl2N2O3/c18-10-5-6-15(12(19)7-10)24-9-17(23)21-14-8-16(22)20-13-4-2-1-3-11(13)14/h1-7,14H,8-9H2,(H,20,22)(H,21,23). The van der Waals surface area contributed by atoms with Crippen molar-refractivity contribution in [2.75, 3.05) is 11.9 Å². The van der Waals surface area contributed by atoms with E-state index < -0.39 is 0 Å². The highest BCUT2D eigenvalue weighted by Gasteiger charge is 2.26. The Hall–Kier alpha value is -2.24. The van der Waals surface area contributed by atoms with E-state index in [1.54, 1.807) is 18.2 Å². The summed E-state index contributed by atoms with van der Waals surface area (Å²) in [7, 11) is 0. The Morgan fingerprint density at radius 3 is 2.83 bits per heavy atom. The third kappa shape index (κ3) is 3.80. The fraction of sp³-hybridized carbons (Fsp3) is 0.176. The Morgan fingerprint density at radius 2 is 2.04 bits per heavy atom. The van der Waals surface area contributed by atoms with Crippen molar-refractivity contribution in [3.05, 3.63) is 58.1 Å². The van der Waals surface area contributed by atoms with Gasteiger partial charge in [0.2, 0.25) is 5.91 Å². The molecular formula is C17H14Cl2N2O3. The van der Waals surface area contributed by atoms with Gasteiger partial charge in [-0.1, -0.05) is 41.4 Å². The molecule has 1 unspecified atom stereocenters. The maximum atomic E-state index is 12.1. The van der Waals surface area contributed by atoms with E-state index in [1.807, 2.05) is 18.2 Å². The molecule has 1 aliphatic heterocycles. The highest BCUT2D eigenvalue weighted by molar-refractivity contribution is 6.35. The lowest BCUT2D eigenvalue weighted by molar-refractivity contribution is -0.124. The van der Waals surface area contributed by atoms with E-state index in [9.17, 15) is 9.59 Å². The highest BCUT2D eigenvalue weighted by atomic mass is 35.5. The normalized spacial score (nSPS) is 16.1. The van der Waals surface area contributed by atoms with E-state index in [0.29, 0.717) is 21.5 Å². The molecule has 0 bridgehead atoms. The van der Waals surface area contributed by atoms with Crippen molar-refractivity contribution >= 4 is 40.7 Å². The lowest BCUT2D eigenvalue weighted by Crippen LogP contribution is -2.37. The molecule has 7 heteroatoms. The average Bonchev–Trinajstić information content (AvgIpc) is 2.54. The average molecular weight is 365 g/mol. The first kappa shape index (κ1) is 16.6. The van der Waals surface area contributed by atoms with Crippen LogP contribution in [0.25, 0.3) is 0 Å². The molecule has 0 aliphatic carbocycles. The van der Waals surface area contributed by atoms with Crippen molar-refractivity contribution in [3.63, 3.8) is 0 Å². The third-order valence-corrected chi connectivity index (χ3v) is 4.12. The van der Waals surface area contributed by atoms with Crippen LogP contribution in [-0.4, -0.2) is 18.4 Å². The van der Waals surface area contributed by atoms with Gasteiger partial charge >= 0.3 is 0 Å². The SMILES string of the molecule is O=C1CC(NC(=O)COc2ccc(Cl)cc2Cl)c2ccccc2N1. The summed E-state index contributed by atoms with van der Waals surface area (Å²) in [6.07, 6.45) is 0.185. The minimum Gasteiger partial charge on any atom is -0.482 e. The van der Waals surface area contributed by atoms with Crippen LogP contribution in [0.2, 0.25) is 10.0 Å². The van der Waals surface area contributed by atoms with E-state index in [-0.39, 0.29) is 30.9 Å². The lowest BCUT2D eigenvalue weighted by Gasteiger charge is -2.26. The molecule has 0 saturated heterocycles. The number of ether oxygens (including phenoxy) is 1. The van der Waals surface area contributed by atoms with Crippen molar-refractivity contribution in [2.45, 2.75) is 12.5 Å². The summed E-state index contributed by atoms with van der Waals surface area (Å²) in [6, 6.07) is 11.7. The Morgan fingerprint density at radius 1 is 1.25 bits per heavy atom. The molecule has 2 aromatic rings. The fourth-order valence-corrected chi connectivity index (χ4v) is 2.97. The zero-order chi connectivity index (χ0) is 17.1. The summed E-state index contributed by atoms with van der Waals surface area (Å²) in [4.78, 5) is 23.9. The van der Waals surface area contributed by atoms with Gasteiger partial charge in [0.1, 0.15) is 5.75 Å². The van der Waals surface area contributed by atoms with Gasteiger partial charge in [0, 0.05) is 10.7 Å². The molecule has 0 radical (unpaired) electrons. The van der Waals surface area contributed by atoms with E-state index in [1.165, 1.54) is 6.07 Å². The molecule has 124 valence electrons. The quantitative estimate of drug-likeness (QED) is 0.871. The third-order valence-electron chi connectivity index (χ3n) is 3.59. The molecule has 0 saturated carbocycles. The number of anilines is 1. The fourth-order valence-electron chi connectivity index (χ4n) is 2.51. The molecule has 0 aromatic heterocycles. The molecule has 2 N–H and O–H groups in total. The van der Waals surface area contributed by atoms with Gasteiger partial charge in [-0.3, -0.25) is 9.59 Å². The predicted octanol–water partition coefficient (Wildman–Crippen LogP) is 3.57. The van der Waals surface area contributed by atoms with Gasteiger partial charge in [0.15, 0.2) is 6.61 Å². The van der Waals surface area contributed by atoms with Crippen LogP contribution in [-0.2, 0) is 9.59 Å². The van der Waals surface area contributed by atoms with Crippen LogP contribution >= 0.6 is 23.2 Å². The smallest absolute Gasteiger partial charge is 0.258 e. The molecule has 1 aliphatic rings. The first-order chi connectivity index (χ1) is 11.5. The number of rotatable bonds is 4. The maximum absolute atomic E-state index is 12.1. The van der Waals surface area contributed by atoms with Crippen LogP contribution in [0.4, 0.5) is 5.69 Å². The van der Waals surface area contributed by atoms with E-state index in [4.69, 9.17) is 27.9 Å². The van der Waals surface area contributed by atoms with Crippen molar-refractivity contribution < 1.29 is 14.3 Å². The van der Waals surface area contributed by atoms with Gasteiger partial charge in [0.05, 0.1) is 17.5 Å². The van der Waals surface area contributed by atoms with Crippen molar-refractivity contribution in [1.82, 2.24) is 5.32 Å². The van der Waals surface area contributed by atoms with Crippen LogP contribution in [0.5, 0.6) is 5.75 Å². The Bertz CT molecular complexity index is 795. The second-order valence-electron chi connectivity index (χ2n) is 5.32. The highest BCUT2D eigenvalue weighted by Crippen LogP contribution is 2.30. The summed E-state index contributed by atoms with van der Waals surface area (Å²) in [5, 5.41) is 6.41. The van der Waals surface area contributed by atoms with Gasteiger partial charge in [-0.2, -0.15) is 0 Å². The van der Waals surface area contributed by atoms with Crippen LogP contribution in [0.15, 0.2) is 42.5 Å². The van der Waals surface area contributed by atoms with Crippen LogP contribution in [0, 0.1) is 0 Å². The summed E-state index contributed by atoms with van der Waals surface area (Å²) in [5.74, 6) is -0.103. The van der Waals surface area contributed by atoms with Gasteiger partial charge in [-0.25, -0.2) is 0 Å². The van der Waals surface area contributed by atoms with Crippen LogP contribution in [0.1, 0.15) is 18.0 Å². The second-order valence-corrected chi connectivity index (χ2v) is 6.17. The monoisotopic (exact) mass is 364 g/mol. The van der Waals surface area contributed by atoms with Crippen molar-refractivity contribution in [1.29, 1.82) is 0 Å². The van der Waals surface area contributed by atoms with E-state index >= 15 is 0 Å². The van der Waals surface area contributed by atoms with E-state index in [2.05, 4.69) is 10.6 Å². The summed E-state index contributed by atoms with van der Waals surface area (Å²) in [6.45, 7) is -0.207. The number of carbonyl (C=O) groups is 2. The molecule has 0 spiro atoms. The molecule has 2 amide bonds. The minimum absolute atomic E-state index is 0.138. The van der Waals surface area contributed by atoms with Crippen molar-refractivity contribution in [3.8, 4) is 5.75 Å².